The van der Waals surface area contributed by atoms with E-state index in [9.17, 15) is 19.7 Å². The summed E-state index contributed by atoms with van der Waals surface area (Å²) in [6.45, 7) is 11.4. The number of non-ortho nitro benzene ring substituents is 1. The normalized spacial score (nSPS) is 15.0. The molecule has 43 heavy (non-hydrogen) atoms. The molecule has 1 aliphatic heterocycles. The first-order chi connectivity index (χ1) is 20.5. The van der Waals surface area contributed by atoms with E-state index >= 15 is 0 Å². The maximum absolute atomic E-state index is 14.1. The smallest absolute Gasteiger partial charge is 0.338 e. The van der Waals surface area contributed by atoms with Crippen LogP contribution in [0.3, 0.4) is 0 Å². The van der Waals surface area contributed by atoms with Gasteiger partial charge in [0.15, 0.2) is 4.80 Å². The van der Waals surface area contributed by atoms with Crippen molar-refractivity contribution in [2.75, 3.05) is 6.61 Å². The molecule has 2 aromatic carbocycles. The molecule has 0 saturated carbocycles. The van der Waals surface area contributed by atoms with Crippen molar-refractivity contribution in [2.45, 2.75) is 53.7 Å². The molecule has 1 atom stereocenters. The fourth-order valence-corrected chi connectivity index (χ4v) is 6.39. The molecule has 0 unspecified atom stereocenters. The molecule has 0 radical (unpaired) electrons. The summed E-state index contributed by atoms with van der Waals surface area (Å²) in [6, 6.07) is 14.9. The number of hydrogen-bond acceptors (Lipinski definition) is 8. The predicted octanol–water partition coefficient (Wildman–Crippen LogP) is 4.90. The number of rotatable bonds is 8. The van der Waals surface area contributed by atoms with Gasteiger partial charge in [-0.2, -0.15) is 0 Å². The molecule has 3 heterocycles. The SMILES string of the molecule is CCOC(=O)C1=C(C)N=c2s/c(=C\c3cc(C)n(-c4ccc([N+](=O)[O-])cc4)c3C)c(=O)n2[C@@H]1c1ccccc1OC(C)C. The van der Waals surface area contributed by atoms with E-state index in [1.807, 2.05) is 68.7 Å². The quantitative estimate of drug-likeness (QED) is 0.161. The van der Waals surface area contributed by atoms with Crippen molar-refractivity contribution in [1.29, 1.82) is 0 Å². The average Bonchev–Trinajstić information content (AvgIpc) is 3.41. The van der Waals surface area contributed by atoms with Crippen molar-refractivity contribution in [3.05, 3.63) is 118 Å². The molecule has 222 valence electrons. The zero-order chi connectivity index (χ0) is 31.0. The highest BCUT2D eigenvalue weighted by atomic mass is 32.1. The van der Waals surface area contributed by atoms with Crippen LogP contribution in [0.5, 0.6) is 5.75 Å². The summed E-state index contributed by atoms with van der Waals surface area (Å²) >= 11 is 1.25. The Labute approximate surface area is 252 Å². The number of para-hydroxylation sites is 1. The van der Waals surface area contributed by atoms with Crippen LogP contribution < -0.4 is 19.6 Å². The number of esters is 1. The van der Waals surface area contributed by atoms with Crippen LogP contribution in [-0.4, -0.2) is 32.7 Å². The van der Waals surface area contributed by atoms with Crippen LogP contribution in [-0.2, 0) is 9.53 Å². The number of ether oxygens (including phenoxy) is 2. The molecular weight excluding hydrogens is 568 g/mol. The highest BCUT2D eigenvalue weighted by Gasteiger charge is 2.35. The van der Waals surface area contributed by atoms with Gasteiger partial charge in [-0.15, -0.1) is 0 Å². The molecule has 0 N–H and O–H groups in total. The molecule has 1 aliphatic rings. The van der Waals surface area contributed by atoms with E-state index < -0.39 is 16.9 Å². The van der Waals surface area contributed by atoms with Crippen LogP contribution in [0.25, 0.3) is 11.8 Å². The summed E-state index contributed by atoms with van der Waals surface area (Å²) in [5.74, 6) is 0.0363. The molecule has 2 aromatic heterocycles. The lowest BCUT2D eigenvalue weighted by atomic mass is 9.95. The summed E-state index contributed by atoms with van der Waals surface area (Å²) in [4.78, 5) is 43.2. The van der Waals surface area contributed by atoms with E-state index in [1.165, 1.54) is 23.5 Å². The van der Waals surface area contributed by atoms with E-state index in [0.29, 0.717) is 26.3 Å². The minimum absolute atomic E-state index is 0.0138. The minimum Gasteiger partial charge on any atom is -0.491 e. The minimum atomic E-state index is -0.792. The number of fused-ring (bicyclic) bond motifs is 1. The summed E-state index contributed by atoms with van der Waals surface area (Å²) in [5.41, 5.74) is 4.53. The van der Waals surface area contributed by atoms with Crippen molar-refractivity contribution in [3.8, 4) is 11.4 Å². The summed E-state index contributed by atoms with van der Waals surface area (Å²) < 4.78 is 15.5. The second-order valence-corrected chi connectivity index (χ2v) is 11.5. The zero-order valence-electron chi connectivity index (χ0n) is 24.8. The molecular formula is C32H32N4O6S. The number of nitrogens with zero attached hydrogens (tertiary/aromatic N) is 4. The molecule has 0 saturated heterocycles. The van der Waals surface area contributed by atoms with Crippen LogP contribution in [0.2, 0.25) is 0 Å². The van der Waals surface area contributed by atoms with E-state index in [-0.39, 0.29) is 29.5 Å². The number of hydrogen-bond donors (Lipinski definition) is 0. The van der Waals surface area contributed by atoms with Crippen LogP contribution in [0, 0.1) is 24.0 Å². The Balaban J connectivity index is 1.68. The number of nitro groups is 1. The fourth-order valence-electron chi connectivity index (χ4n) is 5.35. The maximum Gasteiger partial charge on any atom is 0.338 e. The van der Waals surface area contributed by atoms with Gasteiger partial charge in [0.25, 0.3) is 11.2 Å². The Bertz CT molecular complexity index is 1950. The van der Waals surface area contributed by atoms with Gasteiger partial charge in [-0.1, -0.05) is 29.5 Å². The summed E-state index contributed by atoms with van der Waals surface area (Å²) in [5, 5.41) is 11.1. The van der Waals surface area contributed by atoms with Gasteiger partial charge >= 0.3 is 5.97 Å². The Hall–Kier alpha value is -4.77. The van der Waals surface area contributed by atoms with Gasteiger partial charge in [-0.25, -0.2) is 9.79 Å². The monoisotopic (exact) mass is 600 g/mol. The van der Waals surface area contributed by atoms with Gasteiger partial charge in [0.2, 0.25) is 0 Å². The summed E-state index contributed by atoms with van der Waals surface area (Å²) in [7, 11) is 0. The lowest BCUT2D eigenvalue weighted by Crippen LogP contribution is -2.40. The highest BCUT2D eigenvalue weighted by Crippen LogP contribution is 2.36. The summed E-state index contributed by atoms with van der Waals surface area (Å²) in [6.07, 6.45) is 1.70. The lowest BCUT2D eigenvalue weighted by Gasteiger charge is -2.26. The first-order valence-corrected chi connectivity index (χ1v) is 14.7. The number of allylic oxidation sites excluding steroid dienone is 1. The molecule has 0 bridgehead atoms. The Morgan fingerprint density at radius 3 is 2.49 bits per heavy atom. The Kier molecular flexibility index (Phi) is 8.19. The molecule has 0 spiro atoms. The molecule has 0 fully saturated rings. The fraction of sp³-hybridized carbons (Fsp3) is 0.281. The molecule has 5 rings (SSSR count). The molecule has 0 aliphatic carbocycles. The third-order valence-corrected chi connectivity index (χ3v) is 8.15. The second kappa shape index (κ2) is 11.8. The zero-order valence-corrected chi connectivity index (χ0v) is 25.6. The van der Waals surface area contributed by atoms with Gasteiger partial charge in [-0.05, 0) is 77.4 Å². The number of nitro benzene ring substituents is 1. The van der Waals surface area contributed by atoms with E-state index in [0.717, 1.165) is 22.6 Å². The first kappa shape index (κ1) is 29.7. The molecule has 11 heteroatoms. The van der Waals surface area contributed by atoms with Crippen molar-refractivity contribution < 1.29 is 19.2 Å². The molecule has 4 aromatic rings. The average molecular weight is 601 g/mol. The second-order valence-electron chi connectivity index (χ2n) is 10.4. The number of thiazole rings is 1. The Morgan fingerprint density at radius 2 is 1.84 bits per heavy atom. The number of benzene rings is 2. The predicted molar refractivity (Wildman–Crippen MR) is 165 cm³/mol. The van der Waals surface area contributed by atoms with Gasteiger partial charge in [-0.3, -0.25) is 19.5 Å². The van der Waals surface area contributed by atoms with Gasteiger partial charge in [0.05, 0.1) is 33.4 Å². The van der Waals surface area contributed by atoms with E-state index in [2.05, 4.69) is 4.99 Å². The Morgan fingerprint density at radius 1 is 1.14 bits per heavy atom. The largest absolute Gasteiger partial charge is 0.491 e. The van der Waals surface area contributed by atoms with Gasteiger partial charge in [0.1, 0.15) is 11.8 Å². The number of carbonyl (C=O) groups is 1. The van der Waals surface area contributed by atoms with Crippen molar-refractivity contribution in [3.63, 3.8) is 0 Å². The standard InChI is InChI=1S/C32H32N4O6S/c1-7-41-31(38)28-20(5)33-32-35(29(28)25-10-8-9-11-26(25)42-18(2)3)30(37)27(43-32)17-22-16-19(4)34(21(22)6)23-12-14-24(15-13-23)36(39)40/h8-18,29H,7H2,1-6H3/b27-17-/t29-/m1/s1. The van der Waals surface area contributed by atoms with Crippen molar-refractivity contribution in [1.82, 2.24) is 9.13 Å². The molecule has 0 amide bonds. The van der Waals surface area contributed by atoms with E-state index in [4.69, 9.17) is 9.47 Å². The van der Waals surface area contributed by atoms with Crippen LogP contribution in [0.1, 0.15) is 56.3 Å². The third-order valence-electron chi connectivity index (χ3n) is 7.17. The number of aryl methyl sites for hydroxylation is 1. The maximum atomic E-state index is 14.1. The third kappa shape index (κ3) is 5.55. The van der Waals surface area contributed by atoms with Crippen molar-refractivity contribution in [2.24, 2.45) is 4.99 Å². The lowest BCUT2D eigenvalue weighted by molar-refractivity contribution is -0.384. The van der Waals surface area contributed by atoms with Crippen LogP contribution >= 0.6 is 11.3 Å². The van der Waals surface area contributed by atoms with E-state index in [1.54, 1.807) is 30.5 Å². The van der Waals surface area contributed by atoms with Gasteiger partial charge in [0, 0.05) is 34.8 Å². The van der Waals surface area contributed by atoms with Crippen LogP contribution in [0.4, 0.5) is 5.69 Å². The van der Waals surface area contributed by atoms with Crippen molar-refractivity contribution >= 4 is 29.1 Å². The first-order valence-electron chi connectivity index (χ1n) is 13.9. The number of aromatic nitrogens is 2. The van der Waals surface area contributed by atoms with Crippen LogP contribution in [0.15, 0.2) is 75.7 Å². The highest BCUT2D eigenvalue weighted by molar-refractivity contribution is 7.07. The van der Waals surface area contributed by atoms with Gasteiger partial charge < -0.3 is 14.0 Å². The number of carbonyl (C=O) groups excluding carboxylic acids is 1. The topological polar surface area (TPSA) is 118 Å². The molecule has 10 nitrogen and oxygen atoms in total.